The standard InChI is InChI=1S/C34H46N8O6/c1-19(2)27(39-33(45)47-5)31(43)41-15-7-9-25(41)29-35-17-23(37-29)21-11-13-22(14-12-21)24-18-36-30(38-24)26-10-8-16-42(26)32(44)28(20(3)4)40-34(46)48-6/h11-14,17-20,25-28H,7-10,15-16H2,1-6H3,(H,35,37)(H,36,38)(H,39,45)(H,40,46)/t25-,26?,27-,28-/m0/s1. The van der Waals surface area contributed by atoms with Crippen molar-refractivity contribution < 1.29 is 28.7 Å². The van der Waals surface area contributed by atoms with Crippen molar-refractivity contribution >= 4 is 24.0 Å². The van der Waals surface area contributed by atoms with Crippen LogP contribution in [0.25, 0.3) is 22.5 Å². The Morgan fingerprint density at radius 3 is 1.42 bits per heavy atom. The van der Waals surface area contributed by atoms with Crippen molar-refractivity contribution in [1.82, 2.24) is 40.4 Å². The van der Waals surface area contributed by atoms with E-state index in [1.807, 2.05) is 52.0 Å². The number of likely N-dealkylation sites (tertiary alicyclic amines) is 2. The van der Waals surface area contributed by atoms with E-state index in [0.29, 0.717) is 24.7 Å². The number of alkyl carbamates (subject to hydrolysis) is 2. The van der Waals surface area contributed by atoms with Gasteiger partial charge in [0, 0.05) is 13.1 Å². The second-order valence-corrected chi connectivity index (χ2v) is 13.0. The summed E-state index contributed by atoms with van der Waals surface area (Å²) in [5.74, 6) is 0.888. The van der Waals surface area contributed by atoms with Gasteiger partial charge in [-0.2, -0.15) is 0 Å². The van der Waals surface area contributed by atoms with Crippen molar-refractivity contribution in [3.8, 4) is 22.5 Å². The molecule has 3 aromatic rings. The molecule has 0 radical (unpaired) electrons. The zero-order valence-electron chi connectivity index (χ0n) is 28.4. The third kappa shape index (κ3) is 7.32. The van der Waals surface area contributed by atoms with Gasteiger partial charge < -0.3 is 39.9 Å². The van der Waals surface area contributed by atoms with Crippen LogP contribution in [0.2, 0.25) is 0 Å². The Hall–Kier alpha value is -4.88. The first-order valence-corrected chi connectivity index (χ1v) is 16.5. The van der Waals surface area contributed by atoms with Crippen LogP contribution in [0.3, 0.4) is 0 Å². The summed E-state index contributed by atoms with van der Waals surface area (Å²) < 4.78 is 9.47. The number of nitrogens with zero attached hydrogens (tertiary/aromatic N) is 4. The van der Waals surface area contributed by atoms with E-state index in [4.69, 9.17) is 9.47 Å². The smallest absolute Gasteiger partial charge is 0.407 e. The van der Waals surface area contributed by atoms with Crippen LogP contribution in [0.1, 0.15) is 77.1 Å². The lowest BCUT2D eigenvalue weighted by Gasteiger charge is -2.30. The summed E-state index contributed by atoms with van der Waals surface area (Å²) in [5, 5.41) is 5.36. The molecule has 2 aliphatic rings. The molecule has 1 aromatic carbocycles. The van der Waals surface area contributed by atoms with Gasteiger partial charge in [0.05, 0.1) is 50.1 Å². The van der Waals surface area contributed by atoms with Crippen LogP contribution in [-0.4, -0.2) is 93.1 Å². The van der Waals surface area contributed by atoms with Gasteiger partial charge in [0.15, 0.2) is 0 Å². The third-order valence-electron chi connectivity index (χ3n) is 9.18. The van der Waals surface area contributed by atoms with Crippen LogP contribution in [0.15, 0.2) is 36.7 Å². The first-order valence-electron chi connectivity index (χ1n) is 16.5. The molecule has 0 spiro atoms. The van der Waals surface area contributed by atoms with E-state index in [0.717, 1.165) is 48.2 Å². The first-order chi connectivity index (χ1) is 23.0. The number of ether oxygens (including phenoxy) is 2. The molecule has 4 heterocycles. The lowest BCUT2D eigenvalue weighted by atomic mass is 10.0. The molecule has 4 atom stereocenters. The molecule has 0 bridgehead atoms. The Bertz CT molecular complexity index is 1480. The minimum atomic E-state index is -0.694. The molecule has 14 nitrogen and oxygen atoms in total. The van der Waals surface area contributed by atoms with Gasteiger partial charge in [0.25, 0.3) is 0 Å². The zero-order valence-corrected chi connectivity index (χ0v) is 28.4. The predicted octanol–water partition coefficient (Wildman–Crippen LogP) is 4.56. The van der Waals surface area contributed by atoms with Crippen molar-refractivity contribution in [2.45, 2.75) is 77.5 Å². The number of imidazole rings is 2. The fraction of sp³-hybridized carbons (Fsp3) is 0.529. The average molecular weight is 663 g/mol. The minimum Gasteiger partial charge on any atom is -0.453 e. The molecule has 2 saturated heterocycles. The van der Waals surface area contributed by atoms with Gasteiger partial charge in [0.2, 0.25) is 11.8 Å². The Morgan fingerprint density at radius 1 is 0.708 bits per heavy atom. The topological polar surface area (TPSA) is 175 Å². The summed E-state index contributed by atoms with van der Waals surface area (Å²) in [6.07, 6.45) is 5.51. The fourth-order valence-electron chi connectivity index (χ4n) is 6.52. The molecule has 14 heteroatoms. The summed E-state index contributed by atoms with van der Waals surface area (Å²) in [6.45, 7) is 8.73. The molecule has 48 heavy (non-hydrogen) atoms. The summed E-state index contributed by atoms with van der Waals surface area (Å²) in [7, 11) is 2.56. The van der Waals surface area contributed by atoms with Crippen LogP contribution in [-0.2, 0) is 19.1 Å². The molecule has 0 saturated carbocycles. The van der Waals surface area contributed by atoms with Crippen LogP contribution >= 0.6 is 0 Å². The van der Waals surface area contributed by atoms with Gasteiger partial charge in [-0.1, -0.05) is 52.0 Å². The van der Waals surface area contributed by atoms with E-state index in [1.54, 1.807) is 22.2 Å². The summed E-state index contributed by atoms with van der Waals surface area (Å²) in [5.41, 5.74) is 3.53. The molecule has 4 amide bonds. The number of carbonyl (C=O) groups is 4. The molecule has 258 valence electrons. The second kappa shape index (κ2) is 14.9. The largest absolute Gasteiger partial charge is 0.453 e. The predicted molar refractivity (Wildman–Crippen MR) is 177 cm³/mol. The van der Waals surface area contributed by atoms with E-state index in [2.05, 4.69) is 30.6 Å². The van der Waals surface area contributed by atoms with E-state index < -0.39 is 24.3 Å². The molecule has 2 aliphatic heterocycles. The maximum absolute atomic E-state index is 13.5. The van der Waals surface area contributed by atoms with Gasteiger partial charge in [-0.05, 0) is 48.6 Å². The van der Waals surface area contributed by atoms with E-state index in [1.165, 1.54) is 14.2 Å². The molecular weight excluding hydrogens is 616 g/mol. The summed E-state index contributed by atoms with van der Waals surface area (Å²) in [4.78, 5) is 70.4. The van der Waals surface area contributed by atoms with Crippen molar-refractivity contribution in [2.24, 2.45) is 11.8 Å². The normalized spacial score (nSPS) is 19.0. The van der Waals surface area contributed by atoms with Crippen molar-refractivity contribution in [1.29, 1.82) is 0 Å². The Labute approximate surface area is 280 Å². The maximum atomic E-state index is 13.5. The van der Waals surface area contributed by atoms with Gasteiger partial charge in [-0.25, -0.2) is 19.6 Å². The third-order valence-corrected chi connectivity index (χ3v) is 9.18. The molecule has 5 rings (SSSR count). The number of hydrogen-bond acceptors (Lipinski definition) is 8. The van der Waals surface area contributed by atoms with Crippen molar-refractivity contribution in [3.05, 3.63) is 48.3 Å². The molecular formula is C34H46N8O6. The van der Waals surface area contributed by atoms with Crippen LogP contribution in [0, 0.1) is 11.8 Å². The van der Waals surface area contributed by atoms with E-state index in [9.17, 15) is 19.2 Å². The number of aromatic amines is 2. The number of rotatable bonds is 10. The molecule has 4 N–H and O–H groups in total. The number of hydrogen-bond donors (Lipinski definition) is 4. The number of aromatic nitrogens is 4. The number of methoxy groups -OCH3 is 2. The first kappa shape index (κ1) is 34.5. The highest BCUT2D eigenvalue weighted by atomic mass is 16.5. The Balaban J connectivity index is 1.27. The summed E-state index contributed by atoms with van der Waals surface area (Å²) >= 11 is 0. The Kier molecular flexibility index (Phi) is 10.7. The second-order valence-electron chi connectivity index (χ2n) is 13.0. The molecule has 2 fully saturated rings. The molecule has 1 unspecified atom stereocenters. The monoisotopic (exact) mass is 662 g/mol. The summed E-state index contributed by atoms with van der Waals surface area (Å²) in [6, 6.07) is 6.16. The van der Waals surface area contributed by atoms with Gasteiger partial charge in [-0.3, -0.25) is 9.59 Å². The zero-order chi connectivity index (χ0) is 34.5. The van der Waals surface area contributed by atoms with Crippen molar-refractivity contribution in [2.75, 3.05) is 27.3 Å². The van der Waals surface area contributed by atoms with Crippen LogP contribution in [0.5, 0.6) is 0 Å². The number of nitrogens with one attached hydrogen (secondary N) is 4. The highest BCUT2D eigenvalue weighted by molar-refractivity contribution is 5.87. The lowest BCUT2D eigenvalue weighted by molar-refractivity contribution is -0.136. The maximum Gasteiger partial charge on any atom is 0.407 e. The van der Waals surface area contributed by atoms with Gasteiger partial charge >= 0.3 is 12.2 Å². The number of amides is 4. The SMILES string of the molecule is COC(=O)N[C@H](C(=O)N1CCCC1c1ncc(-c2ccc(-c3cnc([C@@H]4CCCN4C(=O)[C@@H](NC(=O)OC)C(C)C)[nH]3)cc2)[nH]1)C(C)C. The lowest BCUT2D eigenvalue weighted by Crippen LogP contribution is -2.51. The quantitative estimate of drug-likeness (QED) is 0.245. The van der Waals surface area contributed by atoms with Crippen LogP contribution < -0.4 is 10.6 Å². The van der Waals surface area contributed by atoms with Crippen LogP contribution in [0.4, 0.5) is 9.59 Å². The molecule has 0 aliphatic carbocycles. The highest BCUT2D eigenvalue weighted by Crippen LogP contribution is 2.35. The number of carbonyl (C=O) groups excluding carboxylic acids is 4. The van der Waals surface area contributed by atoms with Crippen molar-refractivity contribution in [3.63, 3.8) is 0 Å². The minimum absolute atomic E-state index is 0.110. The van der Waals surface area contributed by atoms with E-state index in [-0.39, 0.29) is 35.7 Å². The average Bonchev–Trinajstić information content (AvgIpc) is 3.90. The van der Waals surface area contributed by atoms with Gasteiger partial charge in [0.1, 0.15) is 23.7 Å². The number of benzene rings is 1. The number of H-pyrrole nitrogens is 2. The van der Waals surface area contributed by atoms with Gasteiger partial charge in [-0.15, -0.1) is 0 Å². The molecule has 2 aromatic heterocycles. The Morgan fingerprint density at radius 2 is 1.08 bits per heavy atom. The van der Waals surface area contributed by atoms with E-state index >= 15 is 0 Å². The highest BCUT2D eigenvalue weighted by Gasteiger charge is 2.39. The fourth-order valence-corrected chi connectivity index (χ4v) is 6.52.